The number of nitrogens with zero attached hydrogens (tertiary/aromatic N) is 2. The highest BCUT2D eigenvalue weighted by molar-refractivity contribution is 5.82. The van der Waals surface area contributed by atoms with E-state index in [1.807, 2.05) is 28.9 Å². The number of aromatic nitrogens is 2. The quantitative estimate of drug-likeness (QED) is 0.934. The van der Waals surface area contributed by atoms with Crippen molar-refractivity contribution in [3.8, 4) is 0 Å². The molecule has 1 saturated carbocycles. The molecule has 0 saturated heterocycles. The molecule has 2 atom stereocenters. The zero-order valence-electron chi connectivity index (χ0n) is 12.0. The Bertz CT molecular complexity index is 607. The highest BCUT2D eigenvalue weighted by atomic mass is 19.1. The monoisotopic (exact) mass is 275 g/mol. The molecule has 1 aliphatic rings. The number of benzene rings is 1. The van der Waals surface area contributed by atoms with Gasteiger partial charge in [0.25, 0.3) is 0 Å². The maximum atomic E-state index is 15.0. The Morgan fingerprint density at radius 3 is 3.00 bits per heavy atom. The number of hydrogen-bond donors (Lipinski definition) is 1. The van der Waals surface area contributed by atoms with Gasteiger partial charge in [0.2, 0.25) is 0 Å². The van der Waals surface area contributed by atoms with Crippen molar-refractivity contribution >= 4 is 10.9 Å². The summed E-state index contributed by atoms with van der Waals surface area (Å²) in [6.45, 7) is 2.87. The normalized spacial score (nSPS) is 27.1. The molecule has 108 valence electrons. The number of aryl methyl sites for hydroxylation is 1. The van der Waals surface area contributed by atoms with Crippen LogP contribution < -0.4 is 5.73 Å². The average molecular weight is 275 g/mol. The lowest BCUT2D eigenvalue weighted by Gasteiger charge is -2.32. The molecule has 1 aromatic carbocycles. The standard InChI is InChI=1S/C16H22FN3/c1-2-20-15-8-4-3-7-13(15)14(19-20)11-16(17)9-5-6-12(18)10-16/h3-4,7-8,12H,2,5-6,9-11,18H2,1H3. The van der Waals surface area contributed by atoms with Crippen LogP contribution in [0, 0.1) is 0 Å². The zero-order chi connectivity index (χ0) is 14.2. The molecule has 0 amide bonds. The van der Waals surface area contributed by atoms with Crippen LogP contribution in [-0.2, 0) is 13.0 Å². The molecule has 2 unspecified atom stereocenters. The molecule has 2 N–H and O–H groups in total. The van der Waals surface area contributed by atoms with E-state index in [0.717, 1.165) is 36.0 Å². The van der Waals surface area contributed by atoms with Gasteiger partial charge in [-0.15, -0.1) is 0 Å². The molecule has 0 bridgehead atoms. The first-order chi connectivity index (χ1) is 9.61. The van der Waals surface area contributed by atoms with Crippen molar-refractivity contribution in [2.24, 2.45) is 5.73 Å². The second-order valence-corrected chi connectivity index (χ2v) is 5.96. The Morgan fingerprint density at radius 2 is 2.25 bits per heavy atom. The smallest absolute Gasteiger partial charge is 0.118 e. The summed E-state index contributed by atoms with van der Waals surface area (Å²) in [5, 5.41) is 5.68. The molecule has 3 rings (SSSR count). The molecule has 4 heteroatoms. The van der Waals surface area contributed by atoms with E-state index in [-0.39, 0.29) is 6.04 Å². The van der Waals surface area contributed by atoms with Crippen LogP contribution in [0.3, 0.4) is 0 Å². The summed E-state index contributed by atoms with van der Waals surface area (Å²) in [7, 11) is 0. The topological polar surface area (TPSA) is 43.8 Å². The number of alkyl halides is 1. The van der Waals surface area contributed by atoms with Crippen molar-refractivity contribution in [3.05, 3.63) is 30.0 Å². The largest absolute Gasteiger partial charge is 0.328 e. The molecule has 1 aliphatic carbocycles. The summed E-state index contributed by atoms with van der Waals surface area (Å²) in [6, 6.07) is 8.07. The first-order valence-corrected chi connectivity index (χ1v) is 7.50. The van der Waals surface area contributed by atoms with Crippen LogP contribution in [0.4, 0.5) is 4.39 Å². The second-order valence-electron chi connectivity index (χ2n) is 5.96. The Hall–Kier alpha value is -1.42. The first kappa shape index (κ1) is 13.6. The third kappa shape index (κ3) is 2.44. The van der Waals surface area contributed by atoms with Crippen molar-refractivity contribution in [2.75, 3.05) is 0 Å². The van der Waals surface area contributed by atoms with Gasteiger partial charge in [0.15, 0.2) is 0 Å². The fourth-order valence-electron chi connectivity index (χ4n) is 3.38. The maximum Gasteiger partial charge on any atom is 0.118 e. The van der Waals surface area contributed by atoms with Crippen LogP contribution in [0.1, 0.15) is 38.3 Å². The molecule has 3 nitrogen and oxygen atoms in total. The van der Waals surface area contributed by atoms with Gasteiger partial charge in [-0.05, 0) is 38.7 Å². The van der Waals surface area contributed by atoms with Gasteiger partial charge in [0.05, 0.1) is 11.2 Å². The zero-order valence-corrected chi connectivity index (χ0v) is 12.0. The Kier molecular flexibility index (Phi) is 3.50. The predicted molar refractivity (Wildman–Crippen MR) is 79.4 cm³/mol. The number of halogens is 1. The highest BCUT2D eigenvalue weighted by Gasteiger charge is 2.36. The van der Waals surface area contributed by atoms with Gasteiger partial charge < -0.3 is 5.73 Å². The van der Waals surface area contributed by atoms with Crippen LogP contribution in [-0.4, -0.2) is 21.5 Å². The molecule has 0 radical (unpaired) electrons. The summed E-state index contributed by atoms with van der Waals surface area (Å²) in [5.74, 6) is 0. The predicted octanol–water partition coefficient (Wildman–Crippen LogP) is 3.21. The Morgan fingerprint density at radius 1 is 1.45 bits per heavy atom. The minimum atomic E-state index is -1.19. The molecule has 1 heterocycles. The van der Waals surface area contributed by atoms with Crippen molar-refractivity contribution in [1.29, 1.82) is 0 Å². The van der Waals surface area contributed by atoms with Crippen LogP contribution in [0.25, 0.3) is 10.9 Å². The lowest BCUT2D eigenvalue weighted by molar-refractivity contribution is 0.0955. The van der Waals surface area contributed by atoms with Crippen LogP contribution in [0.5, 0.6) is 0 Å². The molecule has 0 aliphatic heterocycles. The third-order valence-electron chi connectivity index (χ3n) is 4.35. The maximum absolute atomic E-state index is 15.0. The van der Waals surface area contributed by atoms with Crippen LogP contribution in [0.15, 0.2) is 24.3 Å². The highest BCUT2D eigenvalue weighted by Crippen LogP contribution is 2.35. The van der Waals surface area contributed by atoms with Crippen molar-refractivity contribution in [1.82, 2.24) is 9.78 Å². The number of nitrogens with two attached hydrogens (primary N) is 1. The van der Waals surface area contributed by atoms with Gasteiger partial charge >= 0.3 is 0 Å². The average Bonchev–Trinajstić information content (AvgIpc) is 2.76. The number of fused-ring (bicyclic) bond motifs is 1. The van der Waals surface area contributed by atoms with E-state index in [0.29, 0.717) is 19.3 Å². The van der Waals surface area contributed by atoms with E-state index in [1.165, 1.54) is 0 Å². The van der Waals surface area contributed by atoms with E-state index in [2.05, 4.69) is 12.0 Å². The second kappa shape index (κ2) is 5.17. The first-order valence-electron chi connectivity index (χ1n) is 7.50. The minimum Gasteiger partial charge on any atom is -0.328 e. The summed E-state index contributed by atoms with van der Waals surface area (Å²) in [6.07, 6.45) is 3.27. The van der Waals surface area contributed by atoms with E-state index in [1.54, 1.807) is 0 Å². The van der Waals surface area contributed by atoms with Gasteiger partial charge in [-0.1, -0.05) is 18.2 Å². The van der Waals surface area contributed by atoms with E-state index >= 15 is 4.39 Å². The summed E-state index contributed by atoms with van der Waals surface area (Å²) in [4.78, 5) is 0. The van der Waals surface area contributed by atoms with Crippen LogP contribution >= 0.6 is 0 Å². The number of rotatable bonds is 3. The molecular weight excluding hydrogens is 253 g/mol. The lowest BCUT2D eigenvalue weighted by Crippen LogP contribution is -2.39. The summed E-state index contributed by atoms with van der Waals surface area (Å²) in [5.41, 5.74) is 6.72. The minimum absolute atomic E-state index is 0.00623. The summed E-state index contributed by atoms with van der Waals surface area (Å²) >= 11 is 0. The van der Waals surface area contributed by atoms with Gasteiger partial charge in [-0.3, -0.25) is 4.68 Å². The third-order valence-corrected chi connectivity index (χ3v) is 4.35. The molecule has 1 aromatic heterocycles. The van der Waals surface area contributed by atoms with Crippen LogP contribution in [0.2, 0.25) is 0 Å². The summed E-state index contributed by atoms with van der Waals surface area (Å²) < 4.78 is 17.0. The Labute approximate surface area is 119 Å². The lowest BCUT2D eigenvalue weighted by atomic mass is 9.80. The SMILES string of the molecule is CCn1nc(CC2(F)CCCC(N)C2)c2ccccc21. The van der Waals surface area contributed by atoms with Crippen molar-refractivity contribution in [3.63, 3.8) is 0 Å². The van der Waals surface area contributed by atoms with E-state index in [9.17, 15) is 0 Å². The van der Waals surface area contributed by atoms with Gasteiger partial charge in [0, 0.05) is 24.4 Å². The van der Waals surface area contributed by atoms with Crippen molar-refractivity contribution < 1.29 is 4.39 Å². The van der Waals surface area contributed by atoms with Gasteiger partial charge in [-0.2, -0.15) is 5.10 Å². The molecule has 1 fully saturated rings. The van der Waals surface area contributed by atoms with Gasteiger partial charge in [0.1, 0.15) is 5.67 Å². The van der Waals surface area contributed by atoms with Crippen molar-refractivity contribution in [2.45, 2.75) is 57.3 Å². The fraction of sp³-hybridized carbons (Fsp3) is 0.562. The van der Waals surface area contributed by atoms with E-state index in [4.69, 9.17) is 5.73 Å². The Balaban J connectivity index is 1.94. The molecule has 2 aromatic rings. The van der Waals surface area contributed by atoms with Gasteiger partial charge in [-0.25, -0.2) is 4.39 Å². The number of hydrogen-bond acceptors (Lipinski definition) is 2. The molecular formula is C16H22FN3. The molecule has 0 spiro atoms. The van der Waals surface area contributed by atoms with E-state index < -0.39 is 5.67 Å². The fourth-order valence-corrected chi connectivity index (χ4v) is 3.38. The molecule has 20 heavy (non-hydrogen) atoms. The number of para-hydroxylation sites is 1.